The summed E-state index contributed by atoms with van der Waals surface area (Å²) in [4.78, 5) is 9.91. The molecule has 3 nitrogen and oxygen atoms in total. The Hall–Kier alpha value is -1.68. The van der Waals surface area contributed by atoms with Crippen LogP contribution in [0, 0.1) is 5.82 Å². The molecule has 1 aromatic heterocycles. The van der Waals surface area contributed by atoms with Gasteiger partial charge in [0.25, 0.3) is 0 Å². The van der Waals surface area contributed by atoms with Crippen LogP contribution >= 0.6 is 11.6 Å². The maximum Gasteiger partial charge on any atom is 0.155 e. The van der Waals surface area contributed by atoms with E-state index in [4.69, 9.17) is 11.6 Å². The molecule has 1 aliphatic rings. The maximum absolute atomic E-state index is 13.3. The molecule has 0 atom stereocenters. The molecule has 0 spiro atoms. The molecule has 0 radical (unpaired) electrons. The molecule has 5 heteroatoms. The average molecular weight is 250 g/mol. The van der Waals surface area contributed by atoms with E-state index in [-0.39, 0.29) is 5.82 Å². The molecule has 17 heavy (non-hydrogen) atoms. The molecule has 0 saturated heterocycles. The van der Waals surface area contributed by atoms with Gasteiger partial charge in [-0.2, -0.15) is 0 Å². The molecular formula is C12H9ClFN3. The zero-order chi connectivity index (χ0) is 11.8. The van der Waals surface area contributed by atoms with Crippen molar-refractivity contribution >= 4 is 23.1 Å². The number of anilines is 2. The molecule has 0 aliphatic carbocycles. The van der Waals surface area contributed by atoms with E-state index in [2.05, 4.69) is 9.97 Å². The van der Waals surface area contributed by atoms with Gasteiger partial charge in [0, 0.05) is 12.2 Å². The monoisotopic (exact) mass is 249 g/mol. The van der Waals surface area contributed by atoms with Gasteiger partial charge >= 0.3 is 0 Å². The van der Waals surface area contributed by atoms with Crippen LogP contribution in [0.15, 0.2) is 30.7 Å². The molecule has 1 aromatic carbocycles. The second kappa shape index (κ2) is 3.96. The first-order chi connectivity index (χ1) is 8.25. The minimum Gasteiger partial charge on any atom is -0.324 e. The molecule has 3 rings (SSSR count). The van der Waals surface area contributed by atoms with Crippen LogP contribution < -0.4 is 4.90 Å². The van der Waals surface area contributed by atoms with Crippen LogP contribution in [0.2, 0.25) is 5.02 Å². The summed E-state index contributed by atoms with van der Waals surface area (Å²) < 4.78 is 13.3. The van der Waals surface area contributed by atoms with Crippen molar-refractivity contribution < 1.29 is 4.39 Å². The van der Waals surface area contributed by atoms with Crippen LogP contribution in [0.4, 0.5) is 15.9 Å². The third kappa shape index (κ3) is 1.74. The van der Waals surface area contributed by atoms with Crippen LogP contribution in [-0.2, 0) is 6.42 Å². The van der Waals surface area contributed by atoms with Crippen LogP contribution in [0.25, 0.3) is 0 Å². The molecule has 0 saturated carbocycles. The molecular weight excluding hydrogens is 241 g/mol. The standard InChI is InChI=1S/C12H9ClFN3/c13-10-6-15-7-16-12(10)17-4-3-8-1-2-9(14)5-11(8)17/h1-2,5-7H,3-4H2. The molecule has 0 fully saturated rings. The molecule has 0 bridgehead atoms. The van der Waals surface area contributed by atoms with E-state index in [1.165, 1.54) is 18.5 Å². The minimum atomic E-state index is -0.249. The summed E-state index contributed by atoms with van der Waals surface area (Å²) in [7, 11) is 0. The third-order valence-corrected chi connectivity index (χ3v) is 3.11. The van der Waals surface area contributed by atoms with Gasteiger partial charge in [0.05, 0.1) is 6.20 Å². The Labute approximate surface area is 103 Å². The molecule has 0 N–H and O–H groups in total. The van der Waals surface area contributed by atoms with Gasteiger partial charge in [-0.1, -0.05) is 17.7 Å². The van der Waals surface area contributed by atoms with Crippen LogP contribution in [-0.4, -0.2) is 16.5 Å². The zero-order valence-corrected chi connectivity index (χ0v) is 9.65. The predicted molar refractivity (Wildman–Crippen MR) is 64.2 cm³/mol. The topological polar surface area (TPSA) is 29.0 Å². The van der Waals surface area contributed by atoms with Gasteiger partial charge in [0.1, 0.15) is 17.2 Å². The van der Waals surface area contributed by atoms with Crippen LogP contribution in [0.1, 0.15) is 5.56 Å². The van der Waals surface area contributed by atoms with E-state index >= 15 is 0 Å². The predicted octanol–water partition coefficient (Wildman–Crippen LogP) is 2.96. The quantitative estimate of drug-likeness (QED) is 0.778. The van der Waals surface area contributed by atoms with E-state index in [0.29, 0.717) is 10.8 Å². The first-order valence-corrected chi connectivity index (χ1v) is 5.65. The van der Waals surface area contributed by atoms with Gasteiger partial charge in [0.15, 0.2) is 5.82 Å². The summed E-state index contributed by atoms with van der Waals surface area (Å²) in [6.07, 6.45) is 3.86. The van der Waals surface area contributed by atoms with Crippen molar-refractivity contribution in [2.75, 3.05) is 11.4 Å². The fourth-order valence-corrected chi connectivity index (χ4v) is 2.28. The summed E-state index contributed by atoms with van der Waals surface area (Å²) in [5.41, 5.74) is 1.95. The lowest BCUT2D eigenvalue weighted by Gasteiger charge is -2.18. The van der Waals surface area contributed by atoms with Crippen molar-refractivity contribution in [2.24, 2.45) is 0 Å². The number of halogens is 2. The highest BCUT2D eigenvalue weighted by atomic mass is 35.5. The van der Waals surface area contributed by atoms with Gasteiger partial charge in [-0.15, -0.1) is 0 Å². The third-order valence-electron chi connectivity index (χ3n) is 2.85. The lowest BCUT2D eigenvalue weighted by molar-refractivity contribution is 0.628. The highest BCUT2D eigenvalue weighted by Gasteiger charge is 2.23. The molecule has 1 aliphatic heterocycles. The maximum atomic E-state index is 13.3. The summed E-state index contributed by atoms with van der Waals surface area (Å²) in [5.74, 6) is 0.381. The minimum absolute atomic E-state index is 0.249. The van der Waals surface area contributed by atoms with E-state index in [9.17, 15) is 4.39 Å². The number of rotatable bonds is 1. The largest absolute Gasteiger partial charge is 0.324 e. The lowest BCUT2D eigenvalue weighted by Crippen LogP contribution is -2.15. The smallest absolute Gasteiger partial charge is 0.155 e. The lowest BCUT2D eigenvalue weighted by atomic mass is 10.2. The van der Waals surface area contributed by atoms with Crippen molar-refractivity contribution in [3.63, 3.8) is 0 Å². The molecule has 0 unspecified atom stereocenters. The molecule has 0 amide bonds. The van der Waals surface area contributed by atoms with E-state index in [0.717, 1.165) is 24.2 Å². The Morgan fingerprint density at radius 3 is 3.06 bits per heavy atom. The Bertz CT molecular complexity index is 573. The number of nitrogens with zero attached hydrogens (tertiary/aromatic N) is 3. The molecule has 2 aromatic rings. The Morgan fingerprint density at radius 2 is 2.24 bits per heavy atom. The van der Waals surface area contributed by atoms with Crippen molar-refractivity contribution in [2.45, 2.75) is 6.42 Å². The van der Waals surface area contributed by atoms with Crippen LogP contribution in [0.3, 0.4) is 0 Å². The van der Waals surface area contributed by atoms with Crippen LogP contribution in [0.5, 0.6) is 0 Å². The second-order valence-electron chi connectivity index (χ2n) is 3.87. The zero-order valence-electron chi connectivity index (χ0n) is 8.90. The number of aromatic nitrogens is 2. The van der Waals surface area contributed by atoms with Gasteiger partial charge in [-0.25, -0.2) is 14.4 Å². The van der Waals surface area contributed by atoms with Gasteiger partial charge in [-0.05, 0) is 24.1 Å². The fraction of sp³-hybridized carbons (Fsp3) is 0.167. The molecule has 2 heterocycles. The number of hydrogen-bond donors (Lipinski definition) is 0. The normalized spacial score (nSPS) is 13.9. The summed E-state index contributed by atoms with van der Waals surface area (Å²) >= 11 is 6.05. The first-order valence-electron chi connectivity index (χ1n) is 5.27. The van der Waals surface area contributed by atoms with Gasteiger partial charge in [-0.3, -0.25) is 0 Å². The Morgan fingerprint density at radius 1 is 1.35 bits per heavy atom. The summed E-state index contributed by atoms with van der Waals surface area (Å²) in [6.45, 7) is 0.759. The number of hydrogen-bond acceptors (Lipinski definition) is 3. The van der Waals surface area contributed by atoms with E-state index in [1.807, 2.05) is 4.90 Å². The van der Waals surface area contributed by atoms with E-state index in [1.54, 1.807) is 12.3 Å². The number of benzene rings is 1. The summed E-state index contributed by atoms with van der Waals surface area (Å²) in [5, 5.41) is 0.476. The first kappa shape index (κ1) is 10.5. The average Bonchev–Trinajstić information content (AvgIpc) is 2.72. The molecule has 86 valence electrons. The summed E-state index contributed by atoms with van der Waals surface area (Å²) in [6, 6.07) is 4.80. The SMILES string of the molecule is Fc1ccc2c(c1)N(c1ncncc1Cl)CC2. The van der Waals surface area contributed by atoms with Crippen molar-refractivity contribution in [3.05, 3.63) is 47.1 Å². The highest BCUT2D eigenvalue weighted by Crippen LogP contribution is 2.36. The highest BCUT2D eigenvalue weighted by molar-refractivity contribution is 6.32. The Kier molecular flexibility index (Phi) is 2.44. The van der Waals surface area contributed by atoms with Crippen molar-refractivity contribution in [3.8, 4) is 0 Å². The van der Waals surface area contributed by atoms with Crippen molar-refractivity contribution in [1.29, 1.82) is 0 Å². The van der Waals surface area contributed by atoms with Gasteiger partial charge < -0.3 is 4.90 Å². The Balaban J connectivity index is 2.10. The fourth-order valence-electron chi connectivity index (χ4n) is 2.08. The van der Waals surface area contributed by atoms with Gasteiger partial charge in [0.2, 0.25) is 0 Å². The number of fused-ring (bicyclic) bond motifs is 1. The van der Waals surface area contributed by atoms with Crippen molar-refractivity contribution in [1.82, 2.24) is 9.97 Å². The van der Waals surface area contributed by atoms with E-state index < -0.39 is 0 Å². The second-order valence-corrected chi connectivity index (χ2v) is 4.28.